The van der Waals surface area contributed by atoms with Crippen molar-refractivity contribution in [1.82, 2.24) is 15.1 Å². The summed E-state index contributed by atoms with van der Waals surface area (Å²) in [5.41, 5.74) is 0. The highest BCUT2D eigenvalue weighted by Gasteiger charge is 2.10. The van der Waals surface area contributed by atoms with Gasteiger partial charge >= 0.3 is 0 Å². The molecule has 0 radical (unpaired) electrons. The van der Waals surface area contributed by atoms with E-state index >= 15 is 0 Å². The van der Waals surface area contributed by atoms with Crippen LogP contribution >= 0.6 is 0 Å². The number of nitrogens with zero attached hydrogens (tertiary/aromatic N) is 2. The van der Waals surface area contributed by atoms with Gasteiger partial charge < -0.3 is 15.1 Å². The van der Waals surface area contributed by atoms with Crippen LogP contribution in [0.2, 0.25) is 0 Å². The number of carbonyl (C=O) groups is 1. The lowest BCUT2D eigenvalue weighted by Gasteiger charge is -2.23. The van der Waals surface area contributed by atoms with Crippen LogP contribution in [-0.2, 0) is 4.79 Å². The predicted molar refractivity (Wildman–Crippen MR) is 73.2 cm³/mol. The van der Waals surface area contributed by atoms with Crippen molar-refractivity contribution in [1.29, 1.82) is 0 Å². The summed E-state index contributed by atoms with van der Waals surface area (Å²) in [6, 6.07) is 0. The number of hydrogen-bond acceptors (Lipinski definition) is 3. The zero-order valence-corrected chi connectivity index (χ0v) is 12.0. The normalized spacial score (nSPS) is 10.9. The lowest BCUT2D eigenvalue weighted by Crippen LogP contribution is -2.39. The zero-order valence-electron chi connectivity index (χ0n) is 12.0. The van der Waals surface area contributed by atoms with E-state index in [0.29, 0.717) is 6.54 Å². The van der Waals surface area contributed by atoms with Crippen molar-refractivity contribution in [2.75, 3.05) is 45.8 Å². The van der Waals surface area contributed by atoms with Gasteiger partial charge in [0.1, 0.15) is 0 Å². The van der Waals surface area contributed by atoms with Crippen LogP contribution in [-0.4, -0.2) is 61.5 Å². The van der Waals surface area contributed by atoms with Crippen molar-refractivity contribution in [2.24, 2.45) is 0 Å². The number of nitrogens with one attached hydrogen (secondary N) is 1. The number of likely N-dealkylation sites (N-methyl/N-ethyl adjacent to an activating group) is 2. The third kappa shape index (κ3) is 7.34. The molecule has 0 aromatic rings. The second-order valence-electron chi connectivity index (χ2n) is 4.13. The fourth-order valence-corrected chi connectivity index (χ4v) is 1.83. The van der Waals surface area contributed by atoms with Crippen molar-refractivity contribution in [3.8, 4) is 0 Å². The van der Waals surface area contributed by atoms with Gasteiger partial charge in [0.25, 0.3) is 0 Å². The summed E-state index contributed by atoms with van der Waals surface area (Å²) in [6.45, 7) is 14.7. The van der Waals surface area contributed by atoms with Crippen LogP contribution in [0.4, 0.5) is 0 Å². The maximum Gasteiger partial charge on any atom is 0.236 e. The van der Waals surface area contributed by atoms with Crippen LogP contribution < -0.4 is 5.32 Å². The SMILES string of the molecule is CCNCC(=O)N(CC)CCCN(CC)CC. The number of rotatable bonds is 10. The molecule has 102 valence electrons. The Balaban J connectivity index is 3.84. The minimum Gasteiger partial charge on any atom is -0.342 e. The van der Waals surface area contributed by atoms with Gasteiger partial charge in [-0.1, -0.05) is 20.8 Å². The van der Waals surface area contributed by atoms with Crippen molar-refractivity contribution < 1.29 is 4.79 Å². The molecule has 0 fully saturated rings. The van der Waals surface area contributed by atoms with Crippen LogP contribution in [0.15, 0.2) is 0 Å². The molecule has 0 unspecified atom stereocenters. The molecule has 0 saturated heterocycles. The summed E-state index contributed by atoms with van der Waals surface area (Å²) >= 11 is 0. The smallest absolute Gasteiger partial charge is 0.236 e. The fourth-order valence-electron chi connectivity index (χ4n) is 1.83. The Morgan fingerprint density at radius 2 is 1.65 bits per heavy atom. The van der Waals surface area contributed by atoms with Crippen LogP contribution in [0, 0.1) is 0 Å². The first-order valence-electron chi connectivity index (χ1n) is 6.90. The average molecular weight is 243 g/mol. The van der Waals surface area contributed by atoms with Gasteiger partial charge in [0.05, 0.1) is 6.54 Å². The van der Waals surface area contributed by atoms with E-state index in [9.17, 15) is 4.79 Å². The standard InChI is InChI=1S/C13H29N3O/c1-5-14-12-13(17)16(8-4)11-9-10-15(6-2)7-3/h14H,5-12H2,1-4H3. The lowest BCUT2D eigenvalue weighted by molar-refractivity contribution is -0.130. The van der Waals surface area contributed by atoms with E-state index < -0.39 is 0 Å². The minimum absolute atomic E-state index is 0.217. The Morgan fingerprint density at radius 3 is 2.12 bits per heavy atom. The quantitative estimate of drug-likeness (QED) is 0.626. The van der Waals surface area contributed by atoms with Crippen LogP contribution in [0.1, 0.15) is 34.1 Å². The molecule has 1 N–H and O–H groups in total. The lowest BCUT2D eigenvalue weighted by atomic mass is 10.3. The van der Waals surface area contributed by atoms with E-state index in [1.165, 1.54) is 0 Å². The molecular formula is C13H29N3O. The highest BCUT2D eigenvalue weighted by molar-refractivity contribution is 5.78. The minimum atomic E-state index is 0.217. The molecular weight excluding hydrogens is 214 g/mol. The largest absolute Gasteiger partial charge is 0.342 e. The molecule has 0 aliphatic rings. The van der Waals surface area contributed by atoms with Gasteiger partial charge in [0.2, 0.25) is 5.91 Å². The monoisotopic (exact) mass is 243 g/mol. The van der Waals surface area contributed by atoms with Gasteiger partial charge in [-0.25, -0.2) is 0 Å². The summed E-state index contributed by atoms with van der Waals surface area (Å²) in [5, 5.41) is 3.08. The molecule has 0 bridgehead atoms. The first kappa shape index (κ1) is 16.4. The molecule has 1 amide bonds. The summed E-state index contributed by atoms with van der Waals surface area (Å²) in [4.78, 5) is 16.1. The number of amides is 1. The van der Waals surface area contributed by atoms with E-state index in [0.717, 1.165) is 45.7 Å². The van der Waals surface area contributed by atoms with E-state index in [1.807, 2.05) is 18.7 Å². The van der Waals surface area contributed by atoms with Gasteiger partial charge in [-0.2, -0.15) is 0 Å². The maximum atomic E-state index is 11.8. The predicted octanol–water partition coefficient (Wildman–Crippen LogP) is 1.18. The maximum absolute atomic E-state index is 11.8. The van der Waals surface area contributed by atoms with Crippen molar-refractivity contribution in [3.63, 3.8) is 0 Å². The Kier molecular flexibility index (Phi) is 10.2. The van der Waals surface area contributed by atoms with E-state index in [-0.39, 0.29) is 5.91 Å². The summed E-state index contributed by atoms with van der Waals surface area (Å²) in [5.74, 6) is 0.217. The molecule has 0 spiro atoms. The Bertz CT molecular complexity index is 193. The Morgan fingerprint density at radius 1 is 1.00 bits per heavy atom. The highest BCUT2D eigenvalue weighted by Crippen LogP contribution is 1.96. The first-order chi connectivity index (χ1) is 8.19. The van der Waals surface area contributed by atoms with Crippen LogP contribution in [0.25, 0.3) is 0 Å². The molecule has 0 aliphatic carbocycles. The van der Waals surface area contributed by atoms with Crippen LogP contribution in [0.5, 0.6) is 0 Å². The fraction of sp³-hybridized carbons (Fsp3) is 0.923. The third-order valence-electron chi connectivity index (χ3n) is 3.06. The molecule has 0 atom stereocenters. The second-order valence-corrected chi connectivity index (χ2v) is 4.13. The van der Waals surface area contributed by atoms with Crippen molar-refractivity contribution in [2.45, 2.75) is 34.1 Å². The Labute approximate surface area is 106 Å². The topological polar surface area (TPSA) is 35.6 Å². The number of hydrogen-bond donors (Lipinski definition) is 1. The second kappa shape index (κ2) is 10.5. The molecule has 0 saturated carbocycles. The Hall–Kier alpha value is -0.610. The molecule has 0 aliphatic heterocycles. The van der Waals surface area contributed by atoms with Gasteiger partial charge in [0.15, 0.2) is 0 Å². The molecule has 4 heteroatoms. The molecule has 0 aromatic heterocycles. The molecule has 0 heterocycles. The summed E-state index contributed by atoms with van der Waals surface area (Å²) in [7, 11) is 0. The summed E-state index contributed by atoms with van der Waals surface area (Å²) in [6.07, 6.45) is 1.06. The summed E-state index contributed by atoms with van der Waals surface area (Å²) < 4.78 is 0. The zero-order chi connectivity index (χ0) is 13.1. The van der Waals surface area contributed by atoms with Crippen molar-refractivity contribution >= 4 is 5.91 Å². The van der Waals surface area contributed by atoms with Gasteiger partial charge in [0, 0.05) is 13.1 Å². The number of carbonyl (C=O) groups excluding carboxylic acids is 1. The van der Waals surface area contributed by atoms with E-state index in [4.69, 9.17) is 0 Å². The molecule has 0 rings (SSSR count). The molecule has 17 heavy (non-hydrogen) atoms. The van der Waals surface area contributed by atoms with Gasteiger partial charge in [-0.15, -0.1) is 0 Å². The average Bonchev–Trinajstić information content (AvgIpc) is 2.36. The van der Waals surface area contributed by atoms with Gasteiger partial charge in [-0.05, 0) is 39.5 Å². The molecule has 4 nitrogen and oxygen atoms in total. The molecule has 0 aromatic carbocycles. The van der Waals surface area contributed by atoms with E-state index in [2.05, 4.69) is 24.1 Å². The van der Waals surface area contributed by atoms with E-state index in [1.54, 1.807) is 0 Å². The van der Waals surface area contributed by atoms with Crippen LogP contribution in [0.3, 0.4) is 0 Å². The highest BCUT2D eigenvalue weighted by atomic mass is 16.2. The third-order valence-corrected chi connectivity index (χ3v) is 3.06. The van der Waals surface area contributed by atoms with Gasteiger partial charge in [-0.3, -0.25) is 4.79 Å². The first-order valence-corrected chi connectivity index (χ1v) is 6.90. The van der Waals surface area contributed by atoms with Crippen molar-refractivity contribution in [3.05, 3.63) is 0 Å².